The van der Waals surface area contributed by atoms with Gasteiger partial charge in [0.15, 0.2) is 0 Å². The summed E-state index contributed by atoms with van der Waals surface area (Å²) in [5, 5.41) is 4.78. The first-order valence-corrected chi connectivity index (χ1v) is 6.48. The molecule has 0 saturated carbocycles. The molecule has 8 heteroatoms. The highest BCUT2D eigenvalue weighted by Crippen LogP contribution is 2.19. The Morgan fingerprint density at radius 2 is 1.77 bits per heavy atom. The Hall–Kier alpha value is -2.64. The van der Waals surface area contributed by atoms with Gasteiger partial charge in [-0.15, -0.1) is 0 Å². The van der Waals surface area contributed by atoms with Gasteiger partial charge < -0.3 is 22.1 Å². The average molecular weight is 310 g/mol. The number of hydrogen-bond donors (Lipinski definition) is 4. The zero-order valence-electron chi connectivity index (χ0n) is 12.6. The Balaban J connectivity index is 2.83. The fourth-order valence-corrected chi connectivity index (χ4v) is 1.81. The topological polar surface area (TPSA) is 127 Å². The predicted octanol–water partition coefficient (Wildman–Crippen LogP) is 0.946. The van der Waals surface area contributed by atoms with E-state index in [1.165, 1.54) is 6.07 Å². The first-order chi connectivity index (χ1) is 10.0. The summed E-state index contributed by atoms with van der Waals surface area (Å²) >= 11 is 0. The summed E-state index contributed by atoms with van der Waals surface area (Å²) in [6.45, 7) is 5.22. The molecule has 1 aromatic carbocycles. The van der Waals surface area contributed by atoms with Crippen molar-refractivity contribution >= 4 is 23.5 Å². The number of halogens is 1. The minimum atomic E-state index is -0.907. The maximum atomic E-state index is 13.6. The van der Waals surface area contributed by atoms with Crippen molar-refractivity contribution in [3.63, 3.8) is 0 Å². The second kappa shape index (κ2) is 6.42. The van der Waals surface area contributed by atoms with Crippen LogP contribution in [0.4, 0.5) is 14.9 Å². The van der Waals surface area contributed by atoms with E-state index in [1.807, 2.05) is 0 Å². The zero-order chi connectivity index (χ0) is 17.1. The molecule has 0 fully saturated rings. The molecule has 6 N–H and O–H groups in total. The number of carbonyl (C=O) groups excluding carboxylic acids is 3. The molecular weight excluding hydrogens is 291 g/mol. The van der Waals surface area contributed by atoms with Gasteiger partial charge in [0.2, 0.25) is 5.91 Å². The third kappa shape index (κ3) is 4.44. The lowest BCUT2D eigenvalue weighted by Gasteiger charge is -2.28. The molecule has 1 rings (SSSR count). The number of benzene rings is 1. The van der Waals surface area contributed by atoms with Crippen LogP contribution in [0.25, 0.3) is 0 Å². The molecule has 0 radical (unpaired) electrons. The molecule has 0 unspecified atom stereocenters. The van der Waals surface area contributed by atoms with Gasteiger partial charge in [-0.2, -0.15) is 0 Å². The molecule has 0 heterocycles. The summed E-state index contributed by atoms with van der Waals surface area (Å²) in [6.07, 6.45) is 0. The summed E-state index contributed by atoms with van der Waals surface area (Å²) in [5.41, 5.74) is 9.48. The van der Waals surface area contributed by atoms with E-state index in [1.54, 1.807) is 20.8 Å². The standard InChI is InChI=1S/C14H19FN4O3/c1-14(2,3)10(12(17)21)19-13(22)18-7-4-5-8(11(16)20)9(15)6-7/h4-6,10H,1-3H3,(H2,16,20)(H2,17,21)(H2,18,19,22)/t10-/m0/s1. The molecule has 0 aromatic heterocycles. The van der Waals surface area contributed by atoms with E-state index in [9.17, 15) is 18.8 Å². The first-order valence-electron chi connectivity index (χ1n) is 6.48. The molecule has 0 aliphatic rings. The van der Waals surface area contributed by atoms with Crippen molar-refractivity contribution in [1.29, 1.82) is 0 Å². The Morgan fingerprint density at radius 1 is 1.18 bits per heavy atom. The monoisotopic (exact) mass is 310 g/mol. The number of urea groups is 1. The minimum absolute atomic E-state index is 0.108. The van der Waals surface area contributed by atoms with Gasteiger partial charge in [0, 0.05) is 5.69 Å². The minimum Gasteiger partial charge on any atom is -0.368 e. The lowest BCUT2D eigenvalue weighted by Crippen LogP contribution is -2.53. The highest BCUT2D eigenvalue weighted by molar-refractivity contribution is 5.96. The van der Waals surface area contributed by atoms with Gasteiger partial charge in [-0.05, 0) is 23.6 Å². The van der Waals surface area contributed by atoms with Crippen LogP contribution in [0.3, 0.4) is 0 Å². The van der Waals surface area contributed by atoms with Crippen LogP contribution < -0.4 is 22.1 Å². The number of nitrogens with two attached hydrogens (primary N) is 2. The Labute approximate surface area is 127 Å². The van der Waals surface area contributed by atoms with Crippen molar-refractivity contribution in [3.8, 4) is 0 Å². The molecule has 0 aliphatic carbocycles. The van der Waals surface area contributed by atoms with E-state index < -0.39 is 35.1 Å². The molecule has 7 nitrogen and oxygen atoms in total. The van der Waals surface area contributed by atoms with Crippen LogP contribution in [0, 0.1) is 11.2 Å². The van der Waals surface area contributed by atoms with E-state index >= 15 is 0 Å². The van der Waals surface area contributed by atoms with Gasteiger partial charge in [0.05, 0.1) is 5.56 Å². The molecule has 22 heavy (non-hydrogen) atoms. The number of carbonyl (C=O) groups is 3. The molecule has 120 valence electrons. The van der Waals surface area contributed by atoms with Crippen LogP contribution in [0.15, 0.2) is 18.2 Å². The fraction of sp³-hybridized carbons (Fsp3) is 0.357. The largest absolute Gasteiger partial charge is 0.368 e. The van der Waals surface area contributed by atoms with E-state index in [-0.39, 0.29) is 11.3 Å². The number of anilines is 1. The van der Waals surface area contributed by atoms with Gasteiger partial charge in [-0.3, -0.25) is 9.59 Å². The Kier molecular flexibility index (Phi) is 5.08. The van der Waals surface area contributed by atoms with Crippen molar-refractivity contribution in [2.24, 2.45) is 16.9 Å². The maximum absolute atomic E-state index is 13.6. The molecule has 4 amide bonds. The van der Waals surface area contributed by atoms with E-state index in [0.717, 1.165) is 12.1 Å². The van der Waals surface area contributed by atoms with Crippen LogP contribution >= 0.6 is 0 Å². The zero-order valence-corrected chi connectivity index (χ0v) is 12.6. The summed E-state index contributed by atoms with van der Waals surface area (Å²) in [7, 11) is 0. The van der Waals surface area contributed by atoms with Crippen molar-refractivity contribution in [3.05, 3.63) is 29.6 Å². The fourth-order valence-electron chi connectivity index (χ4n) is 1.81. The highest BCUT2D eigenvalue weighted by atomic mass is 19.1. The smallest absolute Gasteiger partial charge is 0.319 e. The van der Waals surface area contributed by atoms with Gasteiger partial charge >= 0.3 is 6.03 Å². The number of nitrogens with one attached hydrogen (secondary N) is 2. The molecule has 0 saturated heterocycles. The summed E-state index contributed by atoms with van der Waals surface area (Å²) in [4.78, 5) is 34.2. The SMILES string of the molecule is CC(C)(C)[C@@H](NC(=O)Nc1ccc(C(N)=O)c(F)c1)C(N)=O. The number of rotatable bonds is 4. The summed E-state index contributed by atoms with van der Waals surface area (Å²) in [5.74, 6) is -2.44. The molecule has 1 atom stereocenters. The normalized spacial score (nSPS) is 12.4. The third-order valence-corrected chi connectivity index (χ3v) is 2.92. The van der Waals surface area contributed by atoms with Crippen molar-refractivity contribution in [1.82, 2.24) is 5.32 Å². The summed E-state index contributed by atoms with van der Waals surface area (Å²) < 4.78 is 13.6. The number of amides is 4. The summed E-state index contributed by atoms with van der Waals surface area (Å²) in [6, 6.07) is 1.81. The lowest BCUT2D eigenvalue weighted by atomic mass is 9.86. The third-order valence-electron chi connectivity index (χ3n) is 2.92. The molecule has 0 aliphatic heterocycles. The van der Waals surface area contributed by atoms with E-state index in [4.69, 9.17) is 11.5 Å². The van der Waals surface area contributed by atoms with Crippen LogP contribution in [-0.4, -0.2) is 23.9 Å². The van der Waals surface area contributed by atoms with Crippen molar-refractivity contribution < 1.29 is 18.8 Å². The van der Waals surface area contributed by atoms with E-state index in [2.05, 4.69) is 10.6 Å². The molecule has 1 aromatic rings. The average Bonchev–Trinajstić information content (AvgIpc) is 2.33. The van der Waals surface area contributed by atoms with Crippen LogP contribution in [0.2, 0.25) is 0 Å². The Bertz CT molecular complexity index is 611. The van der Waals surface area contributed by atoms with Crippen LogP contribution in [-0.2, 0) is 4.79 Å². The van der Waals surface area contributed by atoms with Gasteiger partial charge in [0.25, 0.3) is 5.91 Å². The predicted molar refractivity (Wildman–Crippen MR) is 79.5 cm³/mol. The van der Waals surface area contributed by atoms with Gasteiger partial charge in [-0.1, -0.05) is 20.8 Å². The number of hydrogen-bond acceptors (Lipinski definition) is 3. The van der Waals surface area contributed by atoms with Crippen molar-refractivity contribution in [2.45, 2.75) is 26.8 Å². The van der Waals surface area contributed by atoms with Crippen LogP contribution in [0.5, 0.6) is 0 Å². The van der Waals surface area contributed by atoms with Crippen LogP contribution in [0.1, 0.15) is 31.1 Å². The second-order valence-electron chi connectivity index (χ2n) is 5.86. The van der Waals surface area contributed by atoms with Gasteiger partial charge in [0.1, 0.15) is 11.9 Å². The molecule has 0 bridgehead atoms. The number of primary amides is 2. The molecule has 0 spiro atoms. The van der Waals surface area contributed by atoms with Gasteiger partial charge in [-0.25, -0.2) is 9.18 Å². The quantitative estimate of drug-likeness (QED) is 0.661. The lowest BCUT2D eigenvalue weighted by molar-refractivity contribution is -0.122. The molecular formula is C14H19FN4O3. The second-order valence-corrected chi connectivity index (χ2v) is 5.86. The first kappa shape index (κ1) is 17.4. The van der Waals surface area contributed by atoms with Crippen molar-refractivity contribution in [2.75, 3.05) is 5.32 Å². The Morgan fingerprint density at radius 3 is 2.18 bits per heavy atom. The van der Waals surface area contributed by atoms with E-state index in [0.29, 0.717) is 0 Å². The highest BCUT2D eigenvalue weighted by Gasteiger charge is 2.31. The maximum Gasteiger partial charge on any atom is 0.319 e.